The van der Waals surface area contributed by atoms with E-state index in [0.717, 1.165) is 36.2 Å². The summed E-state index contributed by atoms with van der Waals surface area (Å²) in [6.45, 7) is 8.94. The summed E-state index contributed by atoms with van der Waals surface area (Å²) in [5, 5.41) is 11.7. The van der Waals surface area contributed by atoms with E-state index in [1.54, 1.807) is 6.20 Å². The van der Waals surface area contributed by atoms with Crippen LogP contribution in [0.2, 0.25) is 0 Å². The van der Waals surface area contributed by atoms with Gasteiger partial charge in [-0.1, -0.05) is 0 Å². The molecule has 1 saturated heterocycles. The number of carbonyl (C=O) groups is 1. The molecule has 0 bridgehead atoms. The summed E-state index contributed by atoms with van der Waals surface area (Å²) in [6, 6.07) is 2.15. The smallest absolute Gasteiger partial charge is 0.253 e. The molecule has 0 aliphatic carbocycles. The zero-order valence-electron chi connectivity index (χ0n) is 15.6. The summed E-state index contributed by atoms with van der Waals surface area (Å²) >= 11 is 0. The molecule has 3 rings (SSSR count). The Morgan fingerprint density at radius 1 is 1.42 bits per heavy atom. The van der Waals surface area contributed by atoms with Gasteiger partial charge in [0.15, 0.2) is 5.65 Å². The number of fused-ring (bicyclic) bond motifs is 1. The summed E-state index contributed by atoms with van der Waals surface area (Å²) in [5.74, 6) is 0.632. The monoisotopic (exact) mass is 401 g/mol. The van der Waals surface area contributed by atoms with Crippen molar-refractivity contribution in [3.05, 3.63) is 23.5 Å². The molecular formula is C18H29Cl2N5O. The van der Waals surface area contributed by atoms with Crippen LogP contribution < -0.4 is 10.6 Å². The van der Waals surface area contributed by atoms with E-state index in [9.17, 15) is 4.79 Å². The molecule has 2 aromatic heterocycles. The van der Waals surface area contributed by atoms with E-state index in [2.05, 4.69) is 34.6 Å². The summed E-state index contributed by atoms with van der Waals surface area (Å²) in [7, 11) is 0. The molecule has 6 nitrogen and oxygen atoms in total. The maximum Gasteiger partial charge on any atom is 0.253 e. The van der Waals surface area contributed by atoms with Crippen LogP contribution >= 0.6 is 24.8 Å². The summed E-state index contributed by atoms with van der Waals surface area (Å²) in [6.07, 6.45) is 5.30. The van der Waals surface area contributed by atoms with Crippen LogP contribution in [0.15, 0.2) is 12.3 Å². The van der Waals surface area contributed by atoms with Crippen LogP contribution in [-0.4, -0.2) is 40.3 Å². The van der Waals surface area contributed by atoms with Crippen molar-refractivity contribution in [3.63, 3.8) is 0 Å². The van der Waals surface area contributed by atoms with Crippen molar-refractivity contribution in [3.8, 4) is 0 Å². The Morgan fingerprint density at radius 3 is 2.85 bits per heavy atom. The van der Waals surface area contributed by atoms with Gasteiger partial charge < -0.3 is 10.6 Å². The Balaban J connectivity index is 0.00000169. The maximum absolute atomic E-state index is 12.5. The molecule has 1 atom stereocenters. The van der Waals surface area contributed by atoms with Crippen molar-refractivity contribution >= 4 is 41.8 Å². The first kappa shape index (κ1) is 22.7. The van der Waals surface area contributed by atoms with Gasteiger partial charge in [-0.3, -0.25) is 4.79 Å². The summed E-state index contributed by atoms with van der Waals surface area (Å²) in [4.78, 5) is 17.1. The number of nitrogens with one attached hydrogen (secondary N) is 2. The highest BCUT2D eigenvalue weighted by molar-refractivity contribution is 5.98. The van der Waals surface area contributed by atoms with Crippen molar-refractivity contribution in [2.24, 2.45) is 5.92 Å². The zero-order chi connectivity index (χ0) is 17.1. The average Bonchev–Trinajstić information content (AvgIpc) is 2.98. The van der Waals surface area contributed by atoms with Crippen LogP contribution in [0.3, 0.4) is 0 Å². The predicted molar refractivity (Wildman–Crippen MR) is 110 cm³/mol. The minimum absolute atomic E-state index is 0. The van der Waals surface area contributed by atoms with Crippen LogP contribution in [0.25, 0.3) is 11.0 Å². The van der Waals surface area contributed by atoms with Crippen LogP contribution in [0.5, 0.6) is 0 Å². The van der Waals surface area contributed by atoms with Gasteiger partial charge in [0.25, 0.3) is 5.91 Å². The molecule has 3 heterocycles. The number of aryl methyl sites for hydroxylation is 1. The van der Waals surface area contributed by atoms with Gasteiger partial charge in [0.05, 0.1) is 17.5 Å². The normalized spacial score (nSPS) is 16.8. The predicted octanol–water partition coefficient (Wildman–Crippen LogP) is 3.28. The first-order valence-corrected chi connectivity index (χ1v) is 8.90. The number of aromatic nitrogens is 3. The Hall–Kier alpha value is -1.37. The molecule has 1 aliphatic heterocycles. The molecule has 2 N–H and O–H groups in total. The highest BCUT2D eigenvalue weighted by atomic mass is 35.5. The molecule has 1 fully saturated rings. The van der Waals surface area contributed by atoms with Gasteiger partial charge in [-0.15, -0.1) is 24.8 Å². The number of rotatable bonds is 5. The van der Waals surface area contributed by atoms with Crippen molar-refractivity contribution in [1.29, 1.82) is 0 Å². The van der Waals surface area contributed by atoms with Crippen LogP contribution in [0.1, 0.15) is 55.2 Å². The van der Waals surface area contributed by atoms with Gasteiger partial charge in [-0.05, 0) is 65.1 Å². The van der Waals surface area contributed by atoms with Crippen molar-refractivity contribution in [1.82, 2.24) is 25.4 Å². The van der Waals surface area contributed by atoms with Gasteiger partial charge in [0.1, 0.15) is 0 Å². The Bertz CT molecular complexity index is 726. The Morgan fingerprint density at radius 2 is 2.19 bits per heavy atom. The lowest BCUT2D eigenvalue weighted by Crippen LogP contribution is -2.33. The second-order valence-electron chi connectivity index (χ2n) is 6.97. The SMILES string of the molecule is Cc1nc2c(cnn2C(C)C)cc1C(=O)NCCC1CCCNC1.Cl.Cl. The van der Waals surface area contributed by atoms with Crippen molar-refractivity contribution in [2.45, 2.75) is 46.1 Å². The number of carbonyl (C=O) groups excluding carboxylic acids is 1. The first-order valence-electron chi connectivity index (χ1n) is 8.90. The van der Waals surface area contributed by atoms with E-state index < -0.39 is 0 Å². The average molecular weight is 402 g/mol. The number of nitrogens with zero attached hydrogens (tertiary/aromatic N) is 3. The second kappa shape index (κ2) is 10.1. The largest absolute Gasteiger partial charge is 0.352 e. The first-order chi connectivity index (χ1) is 11.6. The molecule has 0 spiro atoms. The third-order valence-corrected chi connectivity index (χ3v) is 4.73. The van der Waals surface area contributed by atoms with Gasteiger partial charge in [0, 0.05) is 18.0 Å². The number of hydrogen-bond donors (Lipinski definition) is 2. The molecule has 0 saturated carbocycles. The lowest BCUT2D eigenvalue weighted by atomic mass is 9.96. The van der Waals surface area contributed by atoms with E-state index in [1.165, 1.54) is 12.8 Å². The fourth-order valence-electron chi connectivity index (χ4n) is 3.33. The van der Waals surface area contributed by atoms with E-state index in [4.69, 9.17) is 0 Å². The fourth-order valence-corrected chi connectivity index (χ4v) is 3.33. The highest BCUT2D eigenvalue weighted by Gasteiger charge is 2.16. The lowest BCUT2D eigenvalue weighted by Gasteiger charge is -2.22. The van der Waals surface area contributed by atoms with Crippen LogP contribution in [0, 0.1) is 12.8 Å². The number of halogens is 2. The Kier molecular flexibility index (Phi) is 8.80. The third kappa shape index (κ3) is 5.09. The number of hydrogen-bond acceptors (Lipinski definition) is 4. The van der Waals surface area contributed by atoms with E-state index >= 15 is 0 Å². The van der Waals surface area contributed by atoms with Crippen molar-refractivity contribution in [2.75, 3.05) is 19.6 Å². The third-order valence-electron chi connectivity index (χ3n) is 4.73. The topological polar surface area (TPSA) is 71.8 Å². The minimum Gasteiger partial charge on any atom is -0.352 e. The van der Waals surface area contributed by atoms with E-state index in [1.807, 2.05) is 17.7 Å². The quantitative estimate of drug-likeness (QED) is 0.805. The molecular weight excluding hydrogens is 373 g/mol. The molecule has 2 aromatic rings. The number of piperidine rings is 1. The summed E-state index contributed by atoms with van der Waals surface area (Å²) in [5.41, 5.74) is 2.24. The second-order valence-corrected chi connectivity index (χ2v) is 6.97. The highest BCUT2D eigenvalue weighted by Crippen LogP contribution is 2.19. The molecule has 1 aliphatic rings. The molecule has 1 amide bonds. The van der Waals surface area contributed by atoms with Gasteiger partial charge >= 0.3 is 0 Å². The fraction of sp³-hybridized carbons (Fsp3) is 0.611. The zero-order valence-corrected chi connectivity index (χ0v) is 17.3. The minimum atomic E-state index is -0.0389. The van der Waals surface area contributed by atoms with Crippen molar-refractivity contribution < 1.29 is 4.79 Å². The number of amides is 1. The number of pyridine rings is 1. The molecule has 0 radical (unpaired) electrons. The molecule has 8 heteroatoms. The molecule has 0 aromatic carbocycles. The van der Waals surface area contributed by atoms with Gasteiger partial charge in [0.2, 0.25) is 0 Å². The molecule has 1 unspecified atom stereocenters. The molecule has 26 heavy (non-hydrogen) atoms. The Labute approximate surface area is 167 Å². The maximum atomic E-state index is 12.5. The van der Waals surface area contributed by atoms with Crippen LogP contribution in [-0.2, 0) is 0 Å². The standard InChI is InChI=1S/C18H27N5O.2ClH/c1-12(2)23-17-15(11-21-23)9-16(13(3)22-17)18(24)20-8-6-14-5-4-7-19-10-14;;/h9,11-12,14,19H,4-8,10H2,1-3H3,(H,20,24);2*1H. The van der Waals surface area contributed by atoms with E-state index in [0.29, 0.717) is 18.0 Å². The molecule has 146 valence electrons. The van der Waals surface area contributed by atoms with Gasteiger partial charge in [-0.2, -0.15) is 5.10 Å². The van der Waals surface area contributed by atoms with E-state index in [-0.39, 0.29) is 36.8 Å². The van der Waals surface area contributed by atoms with Gasteiger partial charge in [-0.25, -0.2) is 9.67 Å². The van der Waals surface area contributed by atoms with Crippen LogP contribution in [0.4, 0.5) is 0 Å². The summed E-state index contributed by atoms with van der Waals surface area (Å²) < 4.78 is 1.89. The lowest BCUT2D eigenvalue weighted by molar-refractivity contribution is 0.0950.